The molecule has 11 nitrogen and oxygen atoms in total. The van der Waals surface area contributed by atoms with Gasteiger partial charge in [0.05, 0.1) is 5.69 Å². The molecular weight excluding hydrogens is 450 g/mol. The van der Waals surface area contributed by atoms with Gasteiger partial charge in [-0.15, -0.1) is 20.4 Å². The summed E-state index contributed by atoms with van der Waals surface area (Å²) < 4.78 is 11.5. The molecule has 2 aromatic heterocycles. The molecule has 0 aliphatic carbocycles. The molecule has 0 spiro atoms. The largest absolute Gasteiger partial charge is 0.489 e. The number of aromatic amines is 1. The van der Waals surface area contributed by atoms with Crippen LogP contribution in [0.3, 0.4) is 0 Å². The first-order valence-electron chi connectivity index (χ1n) is 11.0. The van der Waals surface area contributed by atoms with Crippen LogP contribution in [0.15, 0.2) is 46.9 Å². The van der Waals surface area contributed by atoms with Gasteiger partial charge in [0.15, 0.2) is 0 Å². The molecule has 5 rings (SSSR count). The third-order valence-electron chi connectivity index (χ3n) is 5.73. The average Bonchev–Trinajstić information content (AvgIpc) is 3.48. The van der Waals surface area contributed by atoms with Crippen molar-refractivity contribution in [3.05, 3.63) is 71.1 Å². The van der Waals surface area contributed by atoms with Crippen molar-refractivity contribution in [3.8, 4) is 17.2 Å². The Kier molecular flexibility index (Phi) is 5.73. The van der Waals surface area contributed by atoms with E-state index in [2.05, 4.69) is 30.7 Å². The summed E-state index contributed by atoms with van der Waals surface area (Å²) in [6.07, 6.45) is 0.506. The zero-order valence-corrected chi connectivity index (χ0v) is 19.4. The minimum absolute atomic E-state index is 0.0260. The molecule has 0 bridgehead atoms. The van der Waals surface area contributed by atoms with Crippen molar-refractivity contribution in [2.24, 2.45) is 0 Å². The molecule has 11 heteroatoms. The number of nitrogens with one attached hydrogen (secondary N) is 2. The Morgan fingerprint density at radius 2 is 1.94 bits per heavy atom. The smallest absolute Gasteiger partial charge is 0.289 e. The number of carbonyl (C=O) groups excluding carboxylic acids is 2. The van der Waals surface area contributed by atoms with Crippen molar-refractivity contribution in [1.82, 2.24) is 30.7 Å². The normalized spacial score (nSPS) is 15.3. The number of benzene rings is 2. The predicted molar refractivity (Wildman–Crippen MR) is 125 cm³/mol. The summed E-state index contributed by atoms with van der Waals surface area (Å²) in [4.78, 5) is 30.4. The number of aryl methyl sites for hydroxylation is 2. The fourth-order valence-corrected chi connectivity index (χ4v) is 3.88. The van der Waals surface area contributed by atoms with Crippen LogP contribution in [0.1, 0.15) is 33.5 Å². The van der Waals surface area contributed by atoms with E-state index in [9.17, 15) is 9.59 Å². The maximum Gasteiger partial charge on any atom is 0.289 e. The van der Waals surface area contributed by atoms with Crippen LogP contribution in [0.5, 0.6) is 5.75 Å². The first kappa shape index (κ1) is 22.3. The molecule has 2 N–H and O–H groups in total. The monoisotopic (exact) mass is 473 g/mol. The Bertz CT molecular complexity index is 1400. The van der Waals surface area contributed by atoms with Crippen molar-refractivity contribution in [2.75, 3.05) is 18.6 Å². The summed E-state index contributed by atoms with van der Waals surface area (Å²) in [6.45, 7) is 3.56. The van der Waals surface area contributed by atoms with Crippen molar-refractivity contribution in [2.45, 2.75) is 26.3 Å². The number of rotatable bonds is 5. The Morgan fingerprint density at radius 3 is 2.69 bits per heavy atom. The lowest BCUT2D eigenvalue weighted by Gasteiger charge is -2.20. The second kappa shape index (κ2) is 9.01. The van der Waals surface area contributed by atoms with Crippen LogP contribution in [-0.2, 0) is 11.2 Å². The fourth-order valence-electron chi connectivity index (χ4n) is 3.88. The first-order chi connectivity index (χ1) is 16.9. The van der Waals surface area contributed by atoms with E-state index in [1.54, 1.807) is 20.0 Å². The number of H-pyrrole nitrogens is 1. The second-order valence-electron chi connectivity index (χ2n) is 8.28. The Morgan fingerprint density at radius 1 is 1.14 bits per heavy atom. The molecule has 0 fully saturated rings. The highest BCUT2D eigenvalue weighted by Crippen LogP contribution is 2.37. The van der Waals surface area contributed by atoms with Gasteiger partial charge < -0.3 is 24.4 Å². The van der Waals surface area contributed by atoms with Gasteiger partial charge in [0.1, 0.15) is 24.2 Å². The number of amides is 2. The van der Waals surface area contributed by atoms with Crippen LogP contribution in [0.25, 0.3) is 11.5 Å². The summed E-state index contributed by atoms with van der Waals surface area (Å²) in [5.41, 5.74) is 3.12. The molecule has 1 aliphatic rings. The lowest BCUT2D eigenvalue weighted by atomic mass is 10.1. The SMILES string of the molecule is Cc1nnc(-c2cc3c(cc2C)OC[C@H](NC(=O)c2nnc(Cc4ccccc4)[nH]2)C(=O)N3C)o1. The molecule has 0 saturated carbocycles. The van der Waals surface area contributed by atoms with Gasteiger partial charge in [-0.25, -0.2) is 0 Å². The molecular formula is C24H23N7O4. The van der Waals surface area contributed by atoms with E-state index in [-0.39, 0.29) is 18.3 Å². The van der Waals surface area contributed by atoms with Gasteiger partial charge in [0.2, 0.25) is 17.6 Å². The maximum absolute atomic E-state index is 13.2. The number of likely N-dealkylation sites (N-methyl/N-ethyl adjacent to an activating group) is 1. The minimum atomic E-state index is -0.919. The molecule has 4 aromatic rings. The Hall–Kier alpha value is -4.54. The van der Waals surface area contributed by atoms with Crippen LogP contribution >= 0.6 is 0 Å². The van der Waals surface area contributed by atoms with Gasteiger partial charge in [0, 0.05) is 26.0 Å². The van der Waals surface area contributed by atoms with Gasteiger partial charge in [0.25, 0.3) is 11.8 Å². The van der Waals surface area contributed by atoms with E-state index < -0.39 is 11.9 Å². The van der Waals surface area contributed by atoms with Crippen LogP contribution in [0.2, 0.25) is 0 Å². The zero-order valence-electron chi connectivity index (χ0n) is 19.4. The second-order valence-corrected chi connectivity index (χ2v) is 8.28. The number of ether oxygens (including phenoxy) is 1. The molecule has 1 atom stereocenters. The summed E-state index contributed by atoms with van der Waals surface area (Å²) in [6, 6.07) is 12.4. The van der Waals surface area contributed by atoms with Crippen molar-refractivity contribution < 1.29 is 18.7 Å². The van der Waals surface area contributed by atoms with Crippen molar-refractivity contribution >= 4 is 17.5 Å². The minimum Gasteiger partial charge on any atom is -0.489 e. The highest BCUT2D eigenvalue weighted by Gasteiger charge is 2.32. The predicted octanol–water partition coefficient (Wildman–Crippen LogP) is 2.22. The molecule has 0 unspecified atom stereocenters. The van der Waals surface area contributed by atoms with Crippen LogP contribution in [-0.4, -0.2) is 56.9 Å². The van der Waals surface area contributed by atoms with E-state index in [0.717, 1.165) is 11.1 Å². The van der Waals surface area contributed by atoms with E-state index in [1.807, 2.05) is 43.3 Å². The van der Waals surface area contributed by atoms with Gasteiger partial charge in [-0.05, 0) is 30.2 Å². The lowest BCUT2D eigenvalue weighted by molar-refractivity contribution is -0.120. The number of anilines is 1. The van der Waals surface area contributed by atoms with E-state index in [4.69, 9.17) is 9.15 Å². The van der Waals surface area contributed by atoms with E-state index in [1.165, 1.54) is 4.90 Å². The molecule has 0 radical (unpaired) electrons. The number of carbonyl (C=O) groups is 2. The topological polar surface area (TPSA) is 139 Å². The number of nitrogens with zero attached hydrogens (tertiary/aromatic N) is 5. The number of fused-ring (bicyclic) bond motifs is 1. The number of hydrogen-bond donors (Lipinski definition) is 2. The van der Waals surface area contributed by atoms with Gasteiger partial charge in [-0.3, -0.25) is 9.59 Å². The van der Waals surface area contributed by atoms with Crippen LogP contribution < -0.4 is 15.0 Å². The molecule has 3 heterocycles. The lowest BCUT2D eigenvalue weighted by Crippen LogP contribution is -2.49. The summed E-state index contributed by atoms with van der Waals surface area (Å²) >= 11 is 0. The Balaban J connectivity index is 1.32. The molecule has 0 saturated heterocycles. The van der Waals surface area contributed by atoms with Crippen LogP contribution in [0.4, 0.5) is 5.69 Å². The standard InChI is InChI=1S/C24H23N7O4/c1-13-9-19-18(11-16(13)23-30-27-14(2)35-23)31(3)24(33)17(12-34-19)25-22(32)21-26-20(28-29-21)10-15-7-5-4-6-8-15/h4-9,11,17H,10,12H2,1-3H3,(H,25,32)(H,26,28,29)/t17-/m0/s1. The van der Waals surface area contributed by atoms with E-state index in [0.29, 0.717) is 41.0 Å². The van der Waals surface area contributed by atoms with Gasteiger partial charge in [-0.2, -0.15) is 0 Å². The summed E-state index contributed by atoms with van der Waals surface area (Å²) in [5, 5.41) is 18.6. The first-order valence-corrected chi connectivity index (χ1v) is 11.0. The third kappa shape index (κ3) is 4.47. The van der Waals surface area contributed by atoms with Gasteiger partial charge in [-0.1, -0.05) is 30.3 Å². The molecule has 1 aliphatic heterocycles. The quantitative estimate of drug-likeness (QED) is 0.450. The average molecular weight is 473 g/mol. The zero-order chi connectivity index (χ0) is 24.5. The maximum atomic E-state index is 13.2. The van der Waals surface area contributed by atoms with Crippen molar-refractivity contribution in [3.63, 3.8) is 0 Å². The molecule has 2 amide bonds. The highest BCUT2D eigenvalue weighted by atomic mass is 16.5. The van der Waals surface area contributed by atoms with Crippen molar-refractivity contribution in [1.29, 1.82) is 0 Å². The fraction of sp³-hybridized carbons (Fsp3) is 0.250. The Labute approximate surface area is 200 Å². The van der Waals surface area contributed by atoms with Crippen LogP contribution in [0, 0.1) is 13.8 Å². The number of hydrogen-bond acceptors (Lipinski definition) is 8. The molecule has 2 aromatic carbocycles. The third-order valence-corrected chi connectivity index (χ3v) is 5.73. The summed E-state index contributed by atoms with van der Waals surface area (Å²) in [5.74, 6) is 1.01. The molecule has 35 heavy (non-hydrogen) atoms. The summed E-state index contributed by atoms with van der Waals surface area (Å²) in [7, 11) is 1.62. The molecule has 178 valence electrons. The van der Waals surface area contributed by atoms with Gasteiger partial charge >= 0.3 is 0 Å². The number of aromatic nitrogens is 5. The highest BCUT2D eigenvalue weighted by molar-refractivity contribution is 6.02. The van der Waals surface area contributed by atoms with E-state index >= 15 is 0 Å².